The monoisotopic (exact) mass is 791 g/mol. The fourth-order valence-corrected chi connectivity index (χ4v) is 8.84. The van der Waals surface area contributed by atoms with E-state index in [0.717, 1.165) is 56.0 Å². The van der Waals surface area contributed by atoms with Gasteiger partial charge >= 0.3 is 11.9 Å². The van der Waals surface area contributed by atoms with Gasteiger partial charge in [0, 0.05) is 51.1 Å². The van der Waals surface area contributed by atoms with Crippen molar-refractivity contribution in [3.8, 4) is 0 Å². The summed E-state index contributed by atoms with van der Waals surface area (Å²) >= 11 is 0. The van der Waals surface area contributed by atoms with Gasteiger partial charge < -0.3 is 10.2 Å². The molecule has 0 radical (unpaired) electrons. The lowest BCUT2D eigenvalue weighted by atomic mass is 9.83. The molecule has 3 atom stereocenters. The van der Waals surface area contributed by atoms with Gasteiger partial charge in [-0.1, -0.05) is 18.2 Å². The van der Waals surface area contributed by atoms with E-state index in [-0.39, 0.29) is 48.4 Å². The summed E-state index contributed by atoms with van der Waals surface area (Å²) in [5.74, 6) is -1.79. The first kappa shape index (κ1) is 38.2. The molecule has 18 heteroatoms. The van der Waals surface area contributed by atoms with E-state index in [0.29, 0.717) is 35.3 Å². The maximum absolute atomic E-state index is 16.1. The van der Waals surface area contributed by atoms with E-state index in [4.69, 9.17) is 0 Å². The first-order valence-corrected chi connectivity index (χ1v) is 19.0. The highest BCUT2D eigenvalue weighted by molar-refractivity contribution is 6.03. The molecular formula is C39H41F4N9O5. The Hall–Kier alpha value is -5.65. The minimum absolute atomic E-state index is 0.0185. The number of rotatable bonds is 7. The van der Waals surface area contributed by atoms with E-state index in [2.05, 4.69) is 25.6 Å². The van der Waals surface area contributed by atoms with Crippen molar-refractivity contribution in [1.29, 1.82) is 0 Å². The van der Waals surface area contributed by atoms with Crippen molar-refractivity contribution in [2.45, 2.75) is 75.3 Å². The number of imide groups is 1. The number of nitrogens with zero attached hydrogens (tertiary/aromatic N) is 7. The van der Waals surface area contributed by atoms with E-state index < -0.39 is 53.1 Å². The van der Waals surface area contributed by atoms with Gasteiger partial charge in [0.05, 0.1) is 17.1 Å². The Morgan fingerprint density at radius 1 is 0.965 bits per heavy atom. The molecular weight excluding hydrogens is 750 g/mol. The number of piperidine rings is 2. The standard InChI is InChI=1S/C39H41F4N9O5/c1-48-31(45-35(54)27-6-4-8-30(44-27)39(41,42)43)17-22-19-51(47-33(22)37(48)56)23-11-9-21(10-12-23)18-50-16-15-24(26(40)20-50)25-5-3-7-28-34(25)49(2)38(57)52(28)29-13-14-32(53)46-36(29)55/h3-8,17,19,21,23-24,26,29H,9-16,18,20H2,1-2H3,(H,45,54)(H,46,53,55)/t21?,23?,24-,26+,29?/m1/s1. The van der Waals surface area contributed by atoms with Gasteiger partial charge in [0.1, 0.15) is 29.4 Å². The minimum Gasteiger partial charge on any atom is -0.307 e. The molecule has 4 aromatic heterocycles. The van der Waals surface area contributed by atoms with Crippen LogP contribution in [-0.2, 0) is 29.9 Å². The molecule has 1 unspecified atom stereocenters. The molecule has 1 saturated carbocycles. The largest absolute Gasteiger partial charge is 0.433 e. The number of aryl methyl sites for hydroxylation is 1. The summed E-state index contributed by atoms with van der Waals surface area (Å²) in [5, 5.41) is 9.89. The summed E-state index contributed by atoms with van der Waals surface area (Å²) < 4.78 is 61.4. The molecule has 2 saturated heterocycles. The Kier molecular flexibility index (Phi) is 9.86. The number of hydrogen-bond donors (Lipinski definition) is 2. The molecule has 2 aliphatic heterocycles. The van der Waals surface area contributed by atoms with Crippen molar-refractivity contribution in [2.24, 2.45) is 20.0 Å². The number of likely N-dealkylation sites (tertiary alicyclic amines) is 1. The van der Waals surface area contributed by atoms with Gasteiger partial charge in [-0.3, -0.25) is 42.9 Å². The first-order chi connectivity index (χ1) is 27.2. The zero-order valence-corrected chi connectivity index (χ0v) is 31.3. The average molecular weight is 792 g/mol. The van der Waals surface area contributed by atoms with Crippen molar-refractivity contribution in [3.05, 3.63) is 86.5 Å². The van der Waals surface area contributed by atoms with Crippen LogP contribution >= 0.6 is 0 Å². The third-order valence-electron chi connectivity index (χ3n) is 11.8. The number of nitrogens with one attached hydrogen (secondary N) is 2. The van der Waals surface area contributed by atoms with E-state index in [9.17, 15) is 37.1 Å². The fraction of sp³-hybridized carbons (Fsp3) is 0.462. The van der Waals surface area contributed by atoms with Crippen LogP contribution in [0.5, 0.6) is 0 Å². The predicted octanol–water partition coefficient (Wildman–Crippen LogP) is 4.59. The Morgan fingerprint density at radius 3 is 2.44 bits per heavy atom. The highest BCUT2D eigenvalue weighted by Crippen LogP contribution is 2.38. The maximum Gasteiger partial charge on any atom is 0.433 e. The van der Waals surface area contributed by atoms with Crippen molar-refractivity contribution in [2.75, 3.05) is 25.0 Å². The number of alkyl halides is 4. The molecule has 300 valence electrons. The summed E-state index contributed by atoms with van der Waals surface area (Å²) in [6.45, 7) is 1.67. The van der Waals surface area contributed by atoms with Crippen LogP contribution in [0, 0.1) is 5.92 Å². The molecule has 3 fully saturated rings. The predicted molar refractivity (Wildman–Crippen MR) is 200 cm³/mol. The molecule has 0 bridgehead atoms. The van der Waals surface area contributed by atoms with Crippen LogP contribution in [0.2, 0.25) is 0 Å². The average Bonchev–Trinajstić information content (AvgIpc) is 3.72. The molecule has 8 rings (SSSR count). The summed E-state index contributed by atoms with van der Waals surface area (Å²) in [6, 6.07) is 9.18. The van der Waals surface area contributed by atoms with Crippen LogP contribution in [0.15, 0.2) is 58.3 Å². The van der Waals surface area contributed by atoms with Gasteiger partial charge in [-0.15, -0.1) is 0 Å². The number of aromatic nitrogens is 6. The molecule has 14 nitrogen and oxygen atoms in total. The number of pyridine rings is 2. The number of fused-ring (bicyclic) bond motifs is 2. The lowest BCUT2D eigenvalue weighted by Gasteiger charge is -2.38. The maximum atomic E-state index is 16.1. The van der Waals surface area contributed by atoms with Gasteiger partial charge in [0.2, 0.25) is 11.8 Å². The SMILES string of the molecule is Cn1c(NC(=O)c2cccc(C(F)(F)F)n2)cc2cn(C3CCC(CN4CC[C@H](c5cccc6c5n(C)c(=O)n6C5CCC(=O)NC5=O)[C@@H](F)C4)CC3)nc2c1=O. The summed E-state index contributed by atoms with van der Waals surface area (Å²) in [6.07, 6.45) is 0.0821. The zero-order valence-electron chi connectivity index (χ0n) is 31.3. The number of hydrogen-bond acceptors (Lipinski definition) is 8. The molecule has 3 aliphatic rings. The van der Waals surface area contributed by atoms with Crippen LogP contribution in [0.4, 0.5) is 23.4 Å². The summed E-state index contributed by atoms with van der Waals surface area (Å²) in [5.41, 5.74) is -0.417. The third-order valence-corrected chi connectivity index (χ3v) is 11.8. The first-order valence-electron chi connectivity index (χ1n) is 19.0. The van der Waals surface area contributed by atoms with Crippen molar-refractivity contribution < 1.29 is 31.9 Å². The van der Waals surface area contributed by atoms with E-state index in [1.54, 1.807) is 36.1 Å². The van der Waals surface area contributed by atoms with Crippen LogP contribution in [-0.4, -0.2) is 76.9 Å². The Morgan fingerprint density at radius 2 is 1.72 bits per heavy atom. The lowest BCUT2D eigenvalue weighted by Crippen LogP contribution is -2.44. The van der Waals surface area contributed by atoms with Crippen molar-refractivity contribution in [3.63, 3.8) is 0 Å². The summed E-state index contributed by atoms with van der Waals surface area (Å²) in [4.78, 5) is 69.5. The quantitative estimate of drug-likeness (QED) is 0.179. The fourth-order valence-electron chi connectivity index (χ4n) is 8.84. The number of anilines is 1. The zero-order chi connectivity index (χ0) is 40.3. The van der Waals surface area contributed by atoms with Crippen LogP contribution in [0.25, 0.3) is 21.9 Å². The van der Waals surface area contributed by atoms with Crippen LogP contribution < -0.4 is 21.9 Å². The van der Waals surface area contributed by atoms with E-state index in [1.165, 1.54) is 20.7 Å². The molecule has 1 aliphatic carbocycles. The topological polar surface area (TPSA) is 158 Å². The highest BCUT2D eigenvalue weighted by Gasteiger charge is 2.37. The molecule has 2 N–H and O–H groups in total. The molecule has 3 amide bonds. The van der Waals surface area contributed by atoms with Gasteiger partial charge in [-0.05, 0) is 80.8 Å². The Bertz CT molecular complexity index is 2530. The van der Waals surface area contributed by atoms with Crippen molar-refractivity contribution in [1.82, 2.24) is 38.7 Å². The smallest absolute Gasteiger partial charge is 0.307 e. The van der Waals surface area contributed by atoms with Gasteiger partial charge in [-0.25, -0.2) is 14.2 Å². The number of benzene rings is 1. The molecule has 5 aromatic rings. The summed E-state index contributed by atoms with van der Waals surface area (Å²) in [7, 11) is 3.07. The van der Waals surface area contributed by atoms with Crippen LogP contribution in [0.3, 0.4) is 0 Å². The molecule has 0 spiro atoms. The van der Waals surface area contributed by atoms with Crippen molar-refractivity contribution >= 4 is 45.5 Å². The molecule has 57 heavy (non-hydrogen) atoms. The molecule has 1 aromatic carbocycles. The van der Waals surface area contributed by atoms with Gasteiger partial charge in [-0.2, -0.15) is 18.3 Å². The Labute approximate surface area is 322 Å². The number of imidazole rings is 1. The van der Waals surface area contributed by atoms with Crippen LogP contribution in [0.1, 0.15) is 84.7 Å². The third kappa shape index (κ3) is 7.14. The normalized spacial score (nSPS) is 23.6. The Balaban J connectivity index is 0.898. The molecule has 6 heterocycles. The second-order valence-corrected chi connectivity index (χ2v) is 15.4. The highest BCUT2D eigenvalue weighted by atomic mass is 19.4. The minimum atomic E-state index is -4.72. The van der Waals surface area contributed by atoms with E-state index in [1.807, 2.05) is 6.07 Å². The second kappa shape index (κ2) is 14.7. The lowest BCUT2D eigenvalue weighted by molar-refractivity contribution is -0.141. The number of halogens is 4. The number of carbonyl (C=O) groups is 3. The number of carbonyl (C=O) groups excluding carboxylic acids is 3. The number of amides is 3. The van der Waals surface area contributed by atoms with E-state index >= 15 is 4.39 Å². The van der Waals surface area contributed by atoms with Gasteiger partial charge in [0.15, 0.2) is 5.52 Å². The van der Waals surface area contributed by atoms with Gasteiger partial charge in [0.25, 0.3) is 11.5 Å². The second-order valence-electron chi connectivity index (χ2n) is 15.4. The number of para-hydroxylation sites is 1.